The molecule has 0 aromatic heterocycles. The summed E-state index contributed by atoms with van der Waals surface area (Å²) in [4.78, 5) is 11.6. The normalized spacial score (nSPS) is 10.4. The summed E-state index contributed by atoms with van der Waals surface area (Å²) in [6.07, 6.45) is 1.57. The van der Waals surface area contributed by atoms with Gasteiger partial charge in [0.1, 0.15) is 0 Å². The molecule has 6 heteroatoms. The van der Waals surface area contributed by atoms with Gasteiger partial charge in [0.25, 0.3) is 0 Å². The van der Waals surface area contributed by atoms with Gasteiger partial charge in [-0.25, -0.2) is 4.79 Å². The van der Waals surface area contributed by atoms with Crippen molar-refractivity contribution in [3.63, 3.8) is 0 Å². The van der Waals surface area contributed by atoms with Crippen LogP contribution in [0.3, 0.4) is 0 Å². The molecule has 0 fully saturated rings. The third kappa shape index (κ3) is 3.49. The quantitative estimate of drug-likeness (QED) is 0.368. The summed E-state index contributed by atoms with van der Waals surface area (Å²) in [5.41, 5.74) is 7.85. The third-order valence-electron chi connectivity index (χ3n) is 2.53. The molecule has 1 aromatic carbocycles. The first-order chi connectivity index (χ1) is 8.52. The van der Waals surface area contributed by atoms with E-state index in [0.717, 1.165) is 18.4 Å². The number of hydrogen-bond donors (Lipinski definition) is 1. The van der Waals surface area contributed by atoms with Crippen LogP contribution in [0, 0.1) is 3.57 Å². The van der Waals surface area contributed by atoms with Crippen LogP contribution in [0.2, 0.25) is 5.02 Å². The minimum absolute atomic E-state index is 0.343. The van der Waals surface area contributed by atoms with Gasteiger partial charge >= 0.3 is 5.97 Å². The van der Waals surface area contributed by atoms with Gasteiger partial charge in [0.05, 0.1) is 21.3 Å². The molecule has 0 radical (unpaired) electrons. The lowest BCUT2D eigenvalue weighted by Crippen LogP contribution is -2.08. The third-order valence-corrected chi connectivity index (χ3v) is 4.36. The molecule has 1 rings (SSSR count). The second-order valence-electron chi connectivity index (χ2n) is 3.71. The Bertz CT molecular complexity index is 451. The number of carbonyl (C=O) groups is 1. The number of methoxy groups -OCH3 is 2. The first kappa shape index (κ1) is 15.5. The van der Waals surface area contributed by atoms with Crippen LogP contribution in [0.1, 0.15) is 22.3 Å². The number of anilines is 1. The molecule has 100 valence electrons. The fraction of sp³-hybridized carbons (Fsp3) is 0.417. The lowest BCUT2D eigenvalue weighted by molar-refractivity contribution is 0.0601. The predicted molar refractivity (Wildman–Crippen MR) is 80.1 cm³/mol. The number of ether oxygens (including phenoxy) is 2. The van der Waals surface area contributed by atoms with Gasteiger partial charge in [0, 0.05) is 19.4 Å². The minimum Gasteiger partial charge on any atom is -0.465 e. The fourth-order valence-corrected chi connectivity index (χ4v) is 2.44. The van der Waals surface area contributed by atoms with E-state index in [4.69, 9.17) is 26.8 Å². The van der Waals surface area contributed by atoms with E-state index in [2.05, 4.69) is 0 Å². The van der Waals surface area contributed by atoms with Crippen molar-refractivity contribution in [2.24, 2.45) is 0 Å². The molecule has 0 aliphatic rings. The maximum Gasteiger partial charge on any atom is 0.339 e. The van der Waals surface area contributed by atoms with Gasteiger partial charge in [-0.3, -0.25) is 0 Å². The van der Waals surface area contributed by atoms with Gasteiger partial charge in [0.2, 0.25) is 0 Å². The zero-order valence-electron chi connectivity index (χ0n) is 10.3. The van der Waals surface area contributed by atoms with Crippen molar-refractivity contribution in [3.8, 4) is 0 Å². The number of rotatable bonds is 5. The molecule has 0 saturated heterocycles. The van der Waals surface area contributed by atoms with E-state index in [1.54, 1.807) is 13.2 Å². The van der Waals surface area contributed by atoms with Gasteiger partial charge in [-0.05, 0) is 47.1 Å². The Kier molecular flexibility index (Phi) is 6.17. The highest BCUT2D eigenvalue weighted by atomic mass is 127. The number of nitrogen functional groups attached to an aromatic ring is 1. The molecule has 0 amide bonds. The maximum atomic E-state index is 11.6. The molecule has 0 aliphatic carbocycles. The number of esters is 1. The largest absolute Gasteiger partial charge is 0.465 e. The molecule has 0 bridgehead atoms. The molecular weight excluding hydrogens is 368 g/mol. The van der Waals surface area contributed by atoms with Crippen LogP contribution >= 0.6 is 34.2 Å². The summed E-state index contributed by atoms with van der Waals surface area (Å²) in [6.45, 7) is 0.645. The Morgan fingerprint density at radius 3 is 2.72 bits per heavy atom. The average molecular weight is 384 g/mol. The van der Waals surface area contributed by atoms with Crippen LogP contribution in [0.5, 0.6) is 0 Å². The Labute approximate surface area is 125 Å². The maximum absolute atomic E-state index is 11.6. The molecule has 0 saturated carbocycles. The summed E-state index contributed by atoms with van der Waals surface area (Å²) >= 11 is 8.13. The summed E-state index contributed by atoms with van der Waals surface area (Å²) in [7, 11) is 2.97. The number of hydrogen-bond acceptors (Lipinski definition) is 4. The van der Waals surface area contributed by atoms with Crippen molar-refractivity contribution in [3.05, 3.63) is 25.8 Å². The number of aryl methyl sites for hydroxylation is 1. The van der Waals surface area contributed by atoms with Crippen molar-refractivity contribution in [1.82, 2.24) is 0 Å². The van der Waals surface area contributed by atoms with E-state index >= 15 is 0 Å². The van der Waals surface area contributed by atoms with Crippen molar-refractivity contribution in [2.75, 3.05) is 26.6 Å². The first-order valence-electron chi connectivity index (χ1n) is 5.36. The van der Waals surface area contributed by atoms with Gasteiger partial charge in [-0.1, -0.05) is 11.6 Å². The van der Waals surface area contributed by atoms with Crippen LogP contribution in [0.15, 0.2) is 6.07 Å². The van der Waals surface area contributed by atoms with E-state index < -0.39 is 5.97 Å². The van der Waals surface area contributed by atoms with Gasteiger partial charge in [0.15, 0.2) is 0 Å². The molecule has 0 spiro atoms. The summed E-state index contributed by atoms with van der Waals surface area (Å²) in [6, 6.07) is 1.70. The van der Waals surface area contributed by atoms with Crippen LogP contribution in [-0.4, -0.2) is 26.8 Å². The molecule has 0 heterocycles. The predicted octanol–water partition coefficient (Wildman–Crippen LogP) is 2.89. The van der Waals surface area contributed by atoms with Crippen molar-refractivity contribution >= 4 is 45.8 Å². The molecule has 1 aromatic rings. The molecular formula is C12H15ClINO3. The molecule has 0 atom stereocenters. The average Bonchev–Trinajstić information content (AvgIpc) is 2.38. The van der Waals surface area contributed by atoms with Gasteiger partial charge < -0.3 is 15.2 Å². The van der Waals surface area contributed by atoms with Gasteiger partial charge in [-0.2, -0.15) is 0 Å². The highest BCUT2D eigenvalue weighted by Crippen LogP contribution is 2.32. The Morgan fingerprint density at radius 2 is 2.17 bits per heavy atom. The SMILES string of the molecule is COCCCc1cc(C(=O)OC)c(Cl)c(I)c1N. The monoisotopic (exact) mass is 383 g/mol. The highest BCUT2D eigenvalue weighted by Gasteiger charge is 2.18. The van der Waals surface area contributed by atoms with Crippen molar-refractivity contribution < 1.29 is 14.3 Å². The number of nitrogens with two attached hydrogens (primary N) is 1. The second kappa shape index (κ2) is 7.16. The first-order valence-corrected chi connectivity index (χ1v) is 6.82. The van der Waals surface area contributed by atoms with Crippen LogP contribution in [0.25, 0.3) is 0 Å². The van der Waals surface area contributed by atoms with Gasteiger partial charge in [-0.15, -0.1) is 0 Å². The van der Waals surface area contributed by atoms with E-state index in [1.165, 1.54) is 7.11 Å². The number of halogens is 2. The zero-order valence-corrected chi connectivity index (χ0v) is 13.2. The number of carbonyl (C=O) groups excluding carboxylic acids is 1. The van der Waals surface area contributed by atoms with E-state index in [0.29, 0.717) is 26.5 Å². The van der Waals surface area contributed by atoms with Crippen LogP contribution in [0.4, 0.5) is 5.69 Å². The molecule has 4 nitrogen and oxygen atoms in total. The van der Waals surface area contributed by atoms with E-state index in [1.807, 2.05) is 22.6 Å². The standard InChI is InChI=1S/C12H15ClINO3/c1-17-5-3-4-7-6-8(12(16)18-2)9(13)10(14)11(7)15/h6H,3-5,15H2,1-2H3. The van der Waals surface area contributed by atoms with Crippen LogP contribution < -0.4 is 5.73 Å². The van der Waals surface area contributed by atoms with E-state index in [-0.39, 0.29) is 0 Å². The fourth-order valence-electron chi connectivity index (χ4n) is 1.57. The topological polar surface area (TPSA) is 61.5 Å². The summed E-state index contributed by atoms with van der Waals surface area (Å²) < 4.78 is 10.4. The smallest absolute Gasteiger partial charge is 0.339 e. The lowest BCUT2D eigenvalue weighted by Gasteiger charge is -2.12. The minimum atomic E-state index is -0.453. The number of benzene rings is 1. The molecule has 0 aliphatic heterocycles. The lowest BCUT2D eigenvalue weighted by atomic mass is 10.0. The molecule has 2 N–H and O–H groups in total. The summed E-state index contributed by atoms with van der Waals surface area (Å²) in [5, 5.41) is 0.343. The second-order valence-corrected chi connectivity index (χ2v) is 5.17. The Balaban J connectivity index is 3.11. The highest BCUT2D eigenvalue weighted by molar-refractivity contribution is 14.1. The van der Waals surface area contributed by atoms with Crippen molar-refractivity contribution in [1.29, 1.82) is 0 Å². The zero-order chi connectivity index (χ0) is 13.7. The van der Waals surface area contributed by atoms with Crippen LogP contribution in [-0.2, 0) is 15.9 Å². The summed E-state index contributed by atoms with van der Waals surface area (Å²) in [5.74, 6) is -0.453. The molecule has 0 unspecified atom stereocenters. The van der Waals surface area contributed by atoms with E-state index in [9.17, 15) is 4.79 Å². The Morgan fingerprint density at radius 1 is 1.50 bits per heavy atom. The molecule has 18 heavy (non-hydrogen) atoms. The van der Waals surface area contributed by atoms with Crippen molar-refractivity contribution in [2.45, 2.75) is 12.8 Å². The Hall–Kier alpha value is -0.530.